The van der Waals surface area contributed by atoms with E-state index in [1.807, 2.05) is 0 Å². The summed E-state index contributed by atoms with van der Waals surface area (Å²) in [6.45, 7) is 0. The largest absolute Gasteiger partial charge is 0.480 e. The van der Waals surface area contributed by atoms with Crippen molar-refractivity contribution in [1.82, 2.24) is 4.98 Å². The second-order valence-corrected chi connectivity index (χ2v) is 3.01. The maximum Gasteiger partial charge on any atom is 0.354 e. The predicted octanol–water partition coefficient (Wildman–Crippen LogP) is -0.266. The molecule has 0 aliphatic rings. The number of carboxylic acids is 2. The van der Waals surface area contributed by atoms with Gasteiger partial charge in [0.25, 0.3) is 0 Å². The quantitative estimate of drug-likeness (QED) is 0.630. The van der Waals surface area contributed by atoms with Gasteiger partial charge in [-0.3, -0.25) is 4.79 Å². The molecule has 1 aromatic heterocycles. The normalized spacial score (nSPS) is 12.1. The molecular weight excluding hydrogens is 200 g/mol. The molecule has 0 radical (unpaired) electrons. The highest BCUT2D eigenvalue weighted by atomic mass is 16.4. The topological polar surface area (TPSA) is 114 Å². The third-order valence-corrected chi connectivity index (χ3v) is 1.82. The minimum absolute atomic E-state index is 0.0809. The zero-order valence-electron chi connectivity index (χ0n) is 7.75. The Bertz CT molecular complexity index is 374. The lowest BCUT2D eigenvalue weighted by molar-refractivity contribution is -0.138. The Balaban J connectivity index is 2.72. The fraction of sp³-hybridized carbons (Fsp3) is 0.222. The van der Waals surface area contributed by atoms with Crippen LogP contribution in [0, 0.1) is 0 Å². The molecule has 0 saturated heterocycles. The molecule has 1 aromatic rings. The van der Waals surface area contributed by atoms with Gasteiger partial charge in [-0.1, -0.05) is 6.07 Å². The van der Waals surface area contributed by atoms with Crippen molar-refractivity contribution in [1.29, 1.82) is 0 Å². The van der Waals surface area contributed by atoms with Gasteiger partial charge in [-0.25, -0.2) is 9.78 Å². The van der Waals surface area contributed by atoms with Crippen molar-refractivity contribution >= 4 is 11.9 Å². The Morgan fingerprint density at radius 1 is 1.40 bits per heavy atom. The van der Waals surface area contributed by atoms with Gasteiger partial charge in [0.05, 0.1) is 0 Å². The molecule has 6 nitrogen and oxygen atoms in total. The van der Waals surface area contributed by atoms with Crippen molar-refractivity contribution in [3.63, 3.8) is 0 Å². The van der Waals surface area contributed by atoms with E-state index >= 15 is 0 Å². The lowest BCUT2D eigenvalue weighted by atomic mass is 10.1. The summed E-state index contributed by atoms with van der Waals surface area (Å²) in [5.74, 6) is -2.22. The summed E-state index contributed by atoms with van der Waals surface area (Å²) in [5.41, 5.74) is 5.81. The number of carbonyl (C=O) groups is 2. The van der Waals surface area contributed by atoms with E-state index in [1.165, 1.54) is 18.3 Å². The maximum absolute atomic E-state index is 10.5. The average molecular weight is 210 g/mol. The average Bonchev–Trinajstić information content (AvgIpc) is 2.18. The Morgan fingerprint density at radius 2 is 2.07 bits per heavy atom. The highest BCUT2D eigenvalue weighted by Gasteiger charge is 2.12. The maximum atomic E-state index is 10.5. The molecule has 1 heterocycles. The molecule has 15 heavy (non-hydrogen) atoms. The number of aromatic carboxylic acids is 1. The third kappa shape index (κ3) is 3.03. The van der Waals surface area contributed by atoms with Crippen molar-refractivity contribution < 1.29 is 19.8 Å². The summed E-state index contributed by atoms with van der Waals surface area (Å²) in [6.07, 6.45) is 1.44. The van der Waals surface area contributed by atoms with Crippen LogP contribution in [0.5, 0.6) is 0 Å². The predicted molar refractivity (Wildman–Crippen MR) is 50.5 cm³/mol. The van der Waals surface area contributed by atoms with Gasteiger partial charge in [0, 0.05) is 6.20 Å². The molecular formula is C9H10N2O4. The first-order valence-electron chi connectivity index (χ1n) is 4.17. The van der Waals surface area contributed by atoms with Gasteiger partial charge < -0.3 is 15.9 Å². The van der Waals surface area contributed by atoms with Crippen LogP contribution in [-0.4, -0.2) is 33.2 Å². The van der Waals surface area contributed by atoms with E-state index in [-0.39, 0.29) is 12.1 Å². The molecule has 0 aromatic carbocycles. The number of rotatable bonds is 4. The van der Waals surface area contributed by atoms with Crippen molar-refractivity contribution in [2.75, 3.05) is 0 Å². The first-order valence-corrected chi connectivity index (χ1v) is 4.17. The van der Waals surface area contributed by atoms with Crippen LogP contribution >= 0.6 is 0 Å². The molecule has 0 fully saturated rings. The molecule has 0 spiro atoms. The van der Waals surface area contributed by atoms with E-state index in [0.29, 0.717) is 5.56 Å². The van der Waals surface area contributed by atoms with Gasteiger partial charge in [0.2, 0.25) is 0 Å². The molecule has 6 heteroatoms. The molecule has 1 rings (SSSR count). The van der Waals surface area contributed by atoms with E-state index in [1.54, 1.807) is 0 Å². The van der Waals surface area contributed by atoms with Crippen LogP contribution in [0.15, 0.2) is 18.3 Å². The van der Waals surface area contributed by atoms with Gasteiger partial charge in [0.1, 0.15) is 11.7 Å². The number of carboxylic acid groups (broad SMARTS) is 2. The first-order chi connectivity index (χ1) is 7.00. The number of aliphatic carboxylic acids is 1. The minimum Gasteiger partial charge on any atom is -0.480 e. The number of nitrogens with two attached hydrogens (primary N) is 1. The fourth-order valence-electron chi connectivity index (χ4n) is 1.01. The monoisotopic (exact) mass is 210 g/mol. The van der Waals surface area contributed by atoms with Crippen LogP contribution < -0.4 is 5.73 Å². The van der Waals surface area contributed by atoms with Gasteiger partial charge in [-0.05, 0) is 18.1 Å². The molecule has 0 aliphatic carbocycles. The molecule has 0 saturated carbocycles. The van der Waals surface area contributed by atoms with Gasteiger partial charge >= 0.3 is 11.9 Å². The second-order valence-electron chi connectivity index (χ2n) is 3.01. The van der Waals surface area contributed by atoms with Crippen molar-refractivity contribution in [2.24, 2.45) is 5.73 Å². The van der Waals surface area contributed by atoms with Crippen LogP contribution in [0.25, 0.3) is 0 Å². The summed E-state index contributed by atoms with van der Waals surface area (Å²) >= 11 is 0. The van der Waals surface area contributed by atoms with E-state index in [2.05, 4.69) is 4.98 Å². The Labute approximate surface area is 85.4 Å². The van der Waals surface area contributed by atoms with E-state index in [4.69, 9.17) is 15.9 Å². The molecule has 0 amide bonds. The SMILES string of the molecule is N[C@@H](Cc1ccc(C(=O)O)nc1)C(=O)O. The Morgan fingerprint density at radius 3 is 2.47 bits per heavy atom. The Hall–Kier alpha value is -1.95. The summed E-state index contributed by atoms with van der Waals surface area (Å²) in [5, 5.41) is 17.1. The number of aromatic nitrogens is 1. The lowest BCUT2D eigenvalue weighted by Gasteiger charge is -2.05. The summed E-state index contributed by atoms with van der Waals surface area (Å²) in [7, 11) is 0. The second kappa shape index (κ2) is 4.52. The molecule has 0 unspecified atom stereocenters. The highest BCUT2D eigenvalue weighted by Crippen LogP contribution is 2.03. The minimum atomic E-state index is -1.12. The fourth-order valence-corrected chi connectivity index (χ4v) is 1.01. The van der Waals surface area contributed by atoms with Crippen molar-refractivity contribution in [3.05, 3.63) is 29.6 Å². The zero-order valence-corrected chi connectivity index (χ0v) is 7.75. The van der Waals surface area contributed by atoms with Gasteiger partial charge in [0.15, 0.2) is 0 Å². The van der Waals surface area contributed by atoms with E-state index in [9.17, 15) is 9.59 Å². The van der Waals surface area contributed by atoms with Crippen LogP contribution in [0.3, 0.4) is 0 Å². The molecule has 80 valence electrons. The molecule has 1 atom stereocenters. The lowest BCUT2D eigenvalue weighted by Crippen LogP contribution is -2.32. The first kappa shape index (κ1) is 11.1. The number of nitrogens with zero attached hydrogens (tertiary/aromatic N) is 1. The van der Waals surface area contributed by atoms with Crippen molar-refractivity contribution in [3.8, 4) is 0 Å². The van der Waals surface area contributed by atoms with Crippen LogP contribution in [0.1, 0.15) is 16.1 Å². The number of hydrogen-bond acceptors (Lipinski definition) is 4. The third-order valence-electron chi connectivity index (χ3n) is 1.82. The highest BCUT2D eigenvalue weighted by molar-refractivity contribution is 5.85. The summed E-state index contributed by atoms with van der Waals surface area (Å²) in [4.78, 5) is 24.5. The van der Waals surface area contributed by atoms with Gasteiger partial charge in [-0.2, -0.15) is 0 Å². The van der Waals surface area contributed by atoms with Crippen LogP contribution in [0.4, 0.5) is 0 Å². The summed E-state index contributed by atoms with van der Waals surface area (Å²) < 4.78 is 0. The molecule has 0 bridgehead atoms. The molecule has 0 aliphatic heterocycles. The zero-order chi connectivity index (χ0) is 11.4. The smallest absolute Gasteiger partial charge is 0.354 e. The van der Waals surface area contributed by atoms with E-state index in [0.717, 1.165) is 0 Å². The number of hydrogen-bond donors (Lipinski definition) is 3. The van der Waals surface area contributed by atoms with Crippen LogP contribution in [0.2, 0.25) is 0 Å². The standard InChI is InChI=1S/C9H10N2O4/c10-6(8(12)13)3-5-1-2-7(9(14)15)11-4-5/h1-2,4,6H,3,10H2,(H,12,13)(H,14,15)/t6-/m0/s1. The number of pyridine rings is 1. The van der Waals surface area contributed by atoms with Crippen LogP contribution in [-0.2, 0) is 11.2 Å². The summed E-state index contributed by atoms with van der Waals surface area (Å²) in [6, 6.07) is 1.81. The van der Waals surface area contributed by atoms with Gasteiger partial charge in [-0.15, -0.1) is 0 Å². The van der Waals surface area contributed by atoms with Crippen molar-refractivity contribution in [2.45, 2.75) is 12.5 Å². The molecule has 4 N–H and O–H groups in total. The van der Waals surface area contributed by atoms with E-state index < -0.39 is 18.0 Å². The Kier molecular flexibility index (Phi) is 3.35.